The number of carboxylic acid groups (broad SMARTS) is 3. The molecule has 468 valence electrons. The van der Waals surface area contributed by atoms with Gasteiger partial charge in [0.05, 0.1) is 105 Å². The zero-order valence-corrected chi connectivity index (χ0v) is 51.8. The quantitative estimate of drug-likeness (QED) is 0.0246. The fourth-order valence-electron chi connectivity index (χ4n) is 10.8. The average molecular weight is 1240 g/mol. The average Bonchev–Trinajstić information content (AvgIpc) is 1.13. The van der Waals surface area contributed by atoms with Gasteiger partial charge in [-0.25, -0.2) is 29.3 Å². The molecule has 23 nitrogen and oxygen atoms in total. The third-order valence-electron chi connectivity index (χ3n) is 15.0. The van der Waals surface area contributed by atoms with Crippen molar-refractivity contribution in [3.63, 3.8) is 0 Å². The SMILES string of the molecule is COc1cc(OC)c(-c2cc(CN3CCN(Cc4cc(-c5c(OC)cc(OC)cc5OC)cc(C(=O)O)n4)CC(COCCc4ccc(SC#N)cc4)CN(Cc4cnc(C(=O)O)cc4-c4c(OC)cc(OC)cc4OC)CC3)nc(C(=O)O)c2)c(OC)c1. The maximum Gasteiger partial charge on any atom is 0.354 e. The molecule has 3 N–H and O–H groups in total. The van der Waals surface area contributed by atoms with Gasteiger partial charge in [0.1, 0.15) is 74.2 Å². The van der Waals surface area contributed by atoms with Gasteiger partial charge in [-0.2, -0.15) is 5.26 Å². The number of thiocyanates is 1. The molecule has 4 aromatic carbocycles. The highest BCUT2D eigenvalue weighted by Gasteiger charge is 2.29. The number of methoxy groups -OCH3 is 9. The smallest absolute Gasteiger partial charge is 0.354 e. The molecule has 0 amide bonds. The minimum absolute atomic E-state index is 0.155. The second kappa shape index (κ2) is 31.0. The fourth-order valence-corrected chi connectivity index (χ4v) is 11.1. The number of benzene rings is 4. The van der Waals surface area contributed by atoms with Crippen molar-refractivity contribution in [1.29, 1.82) is 5.26 Å². The van der Waals surface area contributed by atoms with Gasteiger partial charge in [0.25, 0.3) is 0 Å². The van der Waals surface area contributed by atoms with E-state index in [0.717, 1.165) is 22.2 Å². The second-order valence-corrected chi connectivity index (χ2v) is 21.5. The Bertz CT molecular complexity index is 3620. The Morgan fingerprint density at radius 1 is 0.528 bits per heavy atom. The minimum Gasteiger partial charge on any atom is -0.496 e. The molecule has 1 fully saturated rings. The van der Waals surface area contributed by atoms with E-state index in [2.05, 4.69) is 30.1 Å². The number of hydrogen-bond donors (Lipinski definition) is 3. The Kier molecular flexibility index (Phi) is 22.8. The lowest BCUT2D eigenvalue weighted by atomic mass is 9.97. The highest BCUT2D eigenvalue weighted by atomic mass is 32.2. The highest BCUT2D eigenvalue weighted by Crippen LogP contribution is 2.46. The maximum absolute atomic E-state index is 13.0. The summed E-state index contributed by atoms with van der Waals surface area (Å²) in [4.78, 5) is 59.9. The van der Waals surface area contributed by atoms with Gasteiger partial charge in [-0.05, 0) is 88.5 Å². The van der Waals surface area contributed by atoms with Crippen LogP contribution in [0.5, 0.6) is 51.7 Å². The zero-order chi connectivity index (χ0) is 63.7. The topological polar surface area (TPSA) is 276 Å². The molecule has 0 saturated carbocycles. The van der Waals surface area contributed by atoms with Crippen LogP contribution in [-0.4, -0.2) is 179 Å². The maximum atomic E-state index is 13.0. The molecule has 1 saturated heterocycles. The zero-order valence-electron chi connectivity index (χ0n) is 51.0. The van der Waals surface area contributed by atoms with Crippen molar-refractivity contribution in [3.05, 3.63) is 137 Å². The standard InChI is InChI=1S/C65H71N7O16S/c1-79-46-24-54(82-4)60(55(25-46)83-5)41-20-44(68-52(22-41)64(75)76)35-70-15-17-71(34-43-31-67-51(63(73)74)30-50(43)62-58(86-8)28-48(81-3)29-59(62)87-9)32-40(37-88-19-14-39-10-12-49(13-11-39)89-38-66)33-72(18-16-70)36-45-21-42(23-53(69-45)65(77)78)61-56(84-6)26-47(80-2)27-57(61)85-7/h10-13,20-31,40H,14-19,32-37H2,1-9H3,(H,73,74)(H,75,76)(H,77,78). The number of pyridine rings is 3. The number of carboxylic acids is 3. The molecule has 0 radical (unpaired) electrons. The number of nitrogens with zero attached hydrogens (tertiary/aromatic N) is 7. The van der Waals surface area contributed by atoms with Crippen LogP contribution < -0.4 is 42.6 Å². The van der Waals surface area contributed by atoms with Crippen LogP contribution in [0.4, 0.5) is 0 Å². The van der Waals surface area contributed by atoms with Crippen molar-refractivity contribution < 1.29 is 77.1 Å². The van der Waals surface area contributed by atoms with E-state index >= 15 is 0 Å². The van der Waals surface area contributed by atoms with Crippen LogP contribution in [0, 0.1) is 16.6 Å². The summed E-state index contributed by atoms with van der Waals surface area (Å²) in [5, 5.41) is 42.9. The summed E-state index contributed by atoms with van der Waals surface area (Å²) in [6.45, 7) is 3.59. The van der Waals surface area contributed by atoms with Gasteiger partial charge in [0.2, 0.25) is 0 Å². The molecule has 1 aliphatic rings. The Hall–Kier alpha value is -9.38. The van der Waals surface area contributed by atoms with Gasteiger partial charge in [-0.1, -0.05) is 12.1 Å². The summed E-state index contributed by atoms with van der Waals surface area (Å²) >= 11 is 1.09. The lowest BCUT2D eigenvalue weighted by molar-refractivity contribution is 0.0471. The van der Waals surface area contributed by atoms with Crippen LogP contribution in [0.25, 0.3) is 33.4 Å². The molecule has 89 heavy (non-hydrogen) atoms. The number of rotatable bonds is 27. The van der Waals surface area contributed by atoms with E-state index in [-0.39, 0.29) is 49.2 Å². The molecule has 8 rings (SSSR count). The Labute approximate surface area is 520 Å². The first-order valence-corrected chi connectivity index (χ1v) is 28.9. The Balaban J connectivity index is 1.25. The number of aromatic carboxylic acids is 3. The van der Waals surface area contributed by atoms with E-state index < -0.39 is 17.9 Å². The van der Waals surface area contributed by atoms with Crippen molar-refractivity contribution in [2.75, 3.05) is 116 Å². The van der Waals surface area contributed by atoms with E-state index in [4.69, 9.17) is 52.4 Å². The second-order valence-electron chi connectivity index (χ2n) is 20.6. The molecule has 1 atom stereocenters. The van der Waals surface area contributed by atoms with Crippen LogP contribution in [0.2, 0.25) is 0 Å². The first-order chi connectivity index (χ1) is 43.0. The van der Waals surface area contributed by atoms with Gasteiger partial charge >= 0.3 is 17.9 Å². The monoisotopic (exact) mass is 1240 g/mol. The highest BCUT2D eigenvalue weighted by molar-refractivity contribution is 8.03. The number of ether oxygens (including phenoxy) is 10. The molecule has 0 spiro atoms. The third-order valence-corrected chi connectivity index (χ3v) is 15.6. The van der Waals surface area contributed by atoms with Crippen molar-refractivity contribution in [1.82, 2.24) is 29.7 Å². The number of nitriles is 1. The van der Waals surface area contributed by atoms with Crippen molar-refractivity contribution >= 4 is 29.7 Å². The fraction of sp³-hybridized carbons (Fsp3) is 0.338. The molecule has 0 bridgehead atoms. The molecule has 4 heterocycles. The number of thioether (sulfide) groups is 1. The van der Waals surface area contributed by atoms with Gasteiger partial charge in [-0.15, -0.1) is 0 Å². The number of carbonyl (C=O) groups is 3. The minimum atomic E-state index is -1.25. The first-order valence-electron chi connectivity index (χ1n) is 28.1. The lowest BCUT2D eigenvalue weighted by Gasteiger charge is -2.36. The Morgan fingerprint density at radius 3 is 1.36 bits per heavy atom. The molecule has 1 unspecified atom stereocenters. The summed E-state index contributed by atoms with van der Waals surface area (Å²) in [7, 11) is 13.6. The van der Waals surface area contributed by atoms with Crippen LogP contribution in [0.3, 0.4) is 0 Å². The van der Waals surface area contributed by atoms with Crippen LogP contribution in [0.1, 0.15) is 54.0 Å². The number of hydrogen-bond acceptors (Lipinski definition) is 21. The largest absolute Gasteiger partial charge is 0.496 e. The van der Waals surface area contributed by atoms with Crippen LogP contribution >= 0.6 is 11.8 Å². The van der Waals surface area contributed by atoms with E-state index in [1.807, 2.05) is 36.4 Å². The van der Waals surface area contributed by atoms with Gasteiger partial charge < -0.3 is 62.7 Å². The molecule has 7 aromatic rings. The van der Waals surface area contributed by atoms with Gasteiger partial charge in [0, 0.05) is 112 Å². The van der Waals surface area contributed by atoms with Crippen LogP contribution in [0.15, 0.2) is 102 Å². The molecule has 24 heteroatoms. The molecular formula is C65H71N7O16S. The molecular weight excluding hydrogens is 1170 g/mol. The predicted molar refractivity (Wildman–Crippen MR) is 331 cm³/mol. The first kappa shape index (κ1) is 65.6. The van der Waals surface area contributed by atoms with E-state index in [1.54, 1.807) is 42.6 Å². The summed E-state index contributed by atoms with van der Waals surface area (Å²) in [5.41, 5.74) is 4.81. The van der Waals surface area contributed by atoms with Crippen molar-refractivity contribution in [3.8, 4) is 90.5 Å². The summed E-state index contributed by atoms with van der Waals surface area (Å²) in [6, 6.07) is 26.0. The molecule has 0 aliphatic carbocycles. The predicted octanol–water partition coefficient (Wildman–Crippen LogP) is 9.31. The van der Waals surface area contributed by atoms with Gasteiger partial charge in [0.15, 0.2) is 0 Å². The van der Waals surface area contributed by atoms with Gasteiger partial charge in [-0.3, -0.25) is 14.7 Å². The normalized spacial score (nSPS) is 14.0. The third kappa shape index (κ3) is 16.4. The number of aromatic nitrogens is 3. The lowest BCUT2D eigenvalue weighted by Crippen LogP contribution is -2.46. The van der Waals surface area contributed by atoms with Crippen molar-refractivity contribution in [2.24, 2.45) is 5.92 Å². The summed E-state index contributed by atoms with van der Waals surface area (Å²) in [6.07, 6.45) is 2.14. The van der Waals surface area contributed by atoms with E-state index in [0.29, 0.717) is 154 Å². The molecule has 3 aromatic heterocycles. The van der Waals surface area contributed by atoms with Crippen molar-refractivity contribution in [2.45, 2.75) is 31.0 Å². The molecule has 1 aliphatic heterocycles. The summed E-state index contributed by atoms with van der Waals surface area (Å²) in [5.74, 6) is -0.323. The van der Waals surface area contributed by atoms with E-state index in [9.17, 15) is 35.0 Å². The van der Waals surface area contributed by atoms with Crippen LogP contribution in [-0.2, 0) is 30.8 Å². The summed E-state index contributed by atoms with van der Waals surface area (Å²) < 4.78 is 58.4. The Morgan fingerprint density at radius 2 is 0.944 bits per heavy atom. The van der Waals surface area contributed by atoms with E-state index in [1.165, 1.54) is 82.2 Å².